The average Bonchev–Trinajstić information content (AvgIpc) is 2.55. The first-order chi connectivity index (χ1) is 11.4. The van der Waals surface area contributed by atoms with Crippen LogP contribution < -0.4 is 0 Å². The fourth-order valence-electron chi connectivity index (χ4n) is 3.25. The monoisotopic (exact) mass is 343 g/mol. The highest BCUT2D eigenvalue weighted by Gasteiger charge is 2.36. The number of hydrogen-bond acceptors (Lipinski definition) is 3. The van der Waals surface area contributed by atoms with Gasteiger partial charge in [0.25, 0.3) is 0 Å². The number of sulfonamides is 1. The number of aryl methyl sites for hydroxylation is 1. The molecule has 1 unspecified atom stereocenters. The second-order valence-corrected chi connectivity index (χ2v) is 8.19. The highest BCUT2D eigenvalue weighted by Crippen LogP contribution is 2.36. The van der Waals surface area contributed by atoms with Crippen LogP contribution in [0.4, 0.5) is 0 Å². The van der Waals surface area contributed by atoms with Crippen LogP contribution in [0.15, 0.2) is 53.4 Å². The maximum atomic E-state index is 13.1. The van der Waals surface area contributed by atoms with Crippen molar-refractivity contribution in [2.24, 2.45) is 0 Å². The fraction of sp³-hybridized carbons (Fsp3) is 0.316. The van der Waals surface area contributed by atoms with E-state index in [4.69, 9.17) is 0 Å². The van der Waals surface area contributed by atoms with E-state index in [-0.39, 0.29) is 17.1 Å². The third-order valence-corrected chi connectivity index (χ3v) is 6.39. The Morgan fingerprint density at radius 2 is 1.79 bits per heavy atom. The molecule has 0 fully saturated rings. The summed E-state index contributed by atoms with van der Waals surface area (Å²) in [4.78, 5) is 12.0. The van der Waals surface area contributed by atoms with Gasteiger partial charge < -0.3 is 0 Å². The van der Waals surface area contributed by atoms with E-state index >= 15 is 0 Å². The molecule has 0 aliphatic carbocycles. The first kappa shape index (κ1) is 16.9. The first-order valence-electron chi connectivity index (χ1n) is 8.05. The molecule has 126 valence electrons. The number of nitrogens with zero attached hydrogens (tertiary/aromatic N) is 1. The van der Waals surface area contributed by atoms with Gasteiger partial charge >= 0.3 is 0 Å². The number of Topliss-reactive ketones (excluding diaryl/α,β-unsaturated/α-hetero) is 1. The van der Waals surface area contributed by atoms with E-state index in [2.05, 4.69) is 0 Å². The van der Waals surface area contributed by atoms with E-state index in [0.717, 1.165) is 16.7 Å². The Balaban J connectivity index is 2.05. The molecule has 0 saturated heterocycles. The van der Waals surface area contributed by atoms with Gasteiger partial charge in [0, 0.05) is 13.0 Å². The first-order valence-corrected chi connectivity index (χ1v) is 9.49. The predicted octanol–water partition coefficient (Wildman–Crippen LogP) is 3.26. The SMILES string of the molecule is CC(=O)CC1c2ccccc2CCN1S(=O)(=O)c1ccc(C)cc1. The number of ketones is 1. The molecule has 0 aromatic heterocycles. The minimum atomic E-state index is -3.64. The zero-order chi connectivity index (χ0) is 17.3. The van der Waals surface area contributed by atoms with Crippen LogP contribution in [0.5, 0.6) is 0 Å². The van der Waals surface area contributed by atoms with E-state index in [9.17, 15) is 13.2 Å². The van der Waals surface area contributed by atoms with Crippen LogP contribution >= 0.6 is 0 Å². The van der Waals surface area contributed by atoms with Crippen LogP contribution in [-0.2, 0) is 21.2 Å². The normalized spacial score (nSPS) is 18.2. The van der Waals surface area contributed by atoms with Gasteiger partial charge in [-0.1, -0.05) is 42.0 Å². The predicted molar refractivity (Wildman–Crippen MR) is 93.3 cm³/mol. The van der Waals surface area contributed by atoms with Gasteiger partial charge in [0.05, 0.1) is 10.9 Å². The minimum Gasteiger partial charge on any atom is -0.300 e. The lowest BCUT2D eigenvalue weighted by atomic mass is 9.91. The van der Waals surface area contributed by atoms with E-state index in [1.165, 1.54) is 11.2 Å². The molecule has 0 saturated carbocycles. The van der Waals surface area contributed by atoms with Crippen molar-refractivity contribution in [1.29, 1.82) is 0 Å². The molecule has 2 aromatic carbocycles. The molecule has 1 atom stereocenters. The summed E-state index contributed by atoms with van der Waals surface area (Å²) in [5, 5.41) is 0. The zero-order valence-corrected chi connectivity index (χ0v) is 14.7. The molecule has 1 aliphatic heterocycles. The molecular formula is C19H21NO3S. The zero-order valence-electron chi connectivity index (χ0n) is 13.9. The van der Waals surface area contributed by atoms with Crippen LogP contribution in [0.1, 0.15) is 36.1 Å². The smallest absolute Gasteiger partial charge is 0.243 e. The van der Waals surface area contributed by atoms with Crippen molar-refractivity contribution in [3.05, 3.63) is 65.2 Å². The maximum Gasteiger partial charge on any atom is 0.243 e. The Kier molecular flexibility index (Phi) is 4.56. The van der Waals surface area contributed by atoms with E-state index in [1.807, 2.05) is 31.2 Å². The standard InChI is InChI=1S/C19H21NO3S/c1-14-7-9-17(10-8-14)24(22,23)20-12-11-16-5-3-4-6-18(16)19(20)13-15(2)21/h3-10,19H,11-13H2,1-2H3. The quantitative estimate of drug-likeness (QED) is 0.856. The van der Waals surface area contributed by atoms with Gasteiger partial charge in [0.2, 0.25) is 10.0 Å². The van der Waals surface area contributed by atoms with Gasteiger partial charge in [-0.25, -0.2) is 8.42 Å². The van der Waals surface area contributed by atoms with Crippen molar-refractivity contribution in [3.8, 4) is 0 Å². The van der Waals surface area contributed by atoms with Crippen LogP contribution in [0.2, 0.25) is 0 Å². The molecule has 0 amide bonds. The van der Waals surface area contributed by atoms with Crippen LogP contribution in [-0.4, -0.2) is 25.1 Å². The largest absolute Gasteiger partial charge is 0.300 e. The summed E-state index contributed by atoms with van der Waals surface area (Å²) in [6.45, 7) is 3.82. The molecule has 4 nitrogen and oxygen atoms in total. The second-order valence-electron chi connectivity index (χ2n) is 6.30. The molecular weight excluding hydrogens is 322 g/mol. The van der Waals surface area contributed by atoms with Crippen LogP contribution in [0.25, 0.3) is 0 Å². The number of fused-ring (bicyclic) bond motifs is 1. The van der Waals surface area contributed by atoms with E-state index < -0.39 is 16.1 Å². The number of rotatable bonds is 4. The summed E-state index contributed by atoms with van der Waals surface area (Å²) >= 11 is 0. The lowest BCUT2D eigenvalue weighted by molar-refractivity contribution is -0.117. The Morgan fingerprint density at radius 3 is 2.46 bits per heavy atom. The van der Waals surface area contributed by atoms with E-state index in [0.29, 0.717) is 13.0 Å². The third-order valence-electron chi connectivity index (χ3n) is 4.47. The van der Waals surface area contributed by atoms with Crippen LogP contribution in [0.3, 0.4) is 0 Å². The Morgan fingerprint density at radius 1 is 1.12 bits per heavy atom. The topological polar surface area (TPSA) is 54.5 Å². The van der Waals surface area contributed by atoms with Crippen molar-refractivity contribution >= 4 is 15.8 Å². The Bertz CT molecular complexity index is 856. The van der Waals surface area contributed by atoms with Crippen molar-refractivity contribution in [2.45, 2.75) is 37.6 Å². The number of carbonyl (C=O) groups is 1. The van der Waals surface area contributed by atoms with Crippen molar-refractivity contribution < 1.29 is 13.2 Å². The van der Waals surface area contributed by atoms with Gasteiger partial charge in [-0.2, -0.15) is 4.31 Å². The second kappa shape index (κ2) is 6.49. The lowest BCUT2D eigenvalue weighted by Crippen LogP contribution is -2.40. The summed E-state index contributed by atoms with van der Waals surface area (Å²) in [6, 6.07) is 14.2. The van der Waals surface area contributed by atoms with Gasteiger partial charge in [-0.3, -0.25) is 4.79 Å². The molecule has 3 rings (SSSR count). The lowest BCUT2D eigenvalue weighted by Gasteiger charge is -2.36. The molecule has 1 aliphatic rings. The van der Waals surface area contributed by atoms with Gasteiger partial charge in [-0.05, 0) is 43.5 Å². The summed E-state index contributed by atoms with van der Waals surface area (Å²) in [5.74, 6) is -0.0131. The summed E-state index contributed by atoms with van der Waals surface area (Å²) in [5.41, 5.74) is 3.08. The number of benzene rings is 2. The molecule has 5 heteroatoms. The summed E-state index contributed by atoms with van der Waals surface area (Å²) < 4.78 is 27.7. The molecule has 0 bridgehead atoms. The van der Waals surface area contributed by atoms with Crippen LogP contribution in [0, 0.1) is 6.92 Å². The molecule has 2 aromatic rings. The van der Waals surface area contributed by atoms with E-state index in [1.54, 1.807) is 24.3 Å². The van der Waals surface area contributed by atoms with Gasteiger partial charge in [0.1, 0.15) is 5.78 Å². The molecule has 1 heterocycles. The summed E-state index contributed by atoms with van der Waals surface area (Å²) in [6.07, 6.45) is 0.859. The highest BCUT2D eigenvalue weighted by molar-refractivity contribution is 7.89. The average molecular weight is 343 g/mol. The molecule has 24 heavy (non-hydrogen) atoms. The number of hydrogen-bond donors (Lipinski definition) is 0. The molecule has 0 spiro atoms. The van der Waals surface area contributed by atoms with Crippen molar-refractivity contribution in [1.82, 2.24) is 4.31 Å². The summed E-state index contributed by atoms with van der Waals surface area (Å²) in [7, 11) is -3.64. The highest BCUT2D eigenvalue weighted by atomic mass is 32.2. The van der Waals surface area contributed by atoms with Gasteiger partial charge in [0.15, 0.2) is 0 Å². The Hall–Kier alpha value is -1.98. The maximum absolute atomic E-state index is 13.1. The van der Waals surface area contributed by atoms with Crippen molar-refractivity contribution in [3.63, 3.8) is 0 Å². The number of carbonyl (C=O) groups excluding carboxylic acids is 1. The third kappa shape index (κ3) is 3.14. The van der Waals surface area contributed by atoms with Crippen molar-refractivity contribution in [2.75, 3.05) is 6.54 Å². The van der Waals surface area contributed by atoms with Gasteiger partial charge in [-0.15, -0.1) is 0 Å². The Labute approximate surface area is 143 Å². The molecule has 0 radical (unpaired) electrons. The fourth-order valence-corrected chi connectivity index (χ4v) is 4.85. The molecule has 0 N–H and O–H groups in total. The minimum absolute atomic E-state index is 0.0131.